The van der Waals surface area contributed by atoms with Crippen molar-refractivity contribution in [1.29, 1.82) is 0 Å². The monoisotopic (exact) mass is 175 g/mol. The van der Waals surface area contributed by atoms with Gasteiger partial charge in [-0.2, -0.15) is 11.8 Å². The third kappa shape index (κ3) is 6.70. The summed E-state index contributed by atoms with van der Waals surface area (Å²) >= 11 is 2.06. The molecule has 2 heteroatoms. The Hall–Kier alpha value is 0.310. The van der Waals surface area contributed by atoms with E-state index in [0.29, 0.717) is 0 Å². The summed E-state index contributed by atoms with van der Waals surface area (Å²) in [5.74, 6) is 3.50. The minimum atomic E-state index is 0.843. The molecule has 0 aliphatic rings. The molecule has 0 aliphatic heterocycles. The van der Waals surface area contributed by atoms with Crippen LogP contribution in [0.15, 0.2) is 0 Å². The first-order valence-electron chi connectivity index (χ1n) is 4.62. The molecule has 0 bridgehead atoms. The minimum Gasteiger partial charge on any atom is -0.330 e. The summed E-state index contributed by atoms with van der Waals surface area (Å²) in [6.07, 6.45) is 3.82. The lowest BCUT2D eigenvalue weighted by Crippen LogP contribution is -2.03. The van der Waals surface area contributed by atoms with Crippen molar-refractivity contribution in [2.75, 3.05) is 18.1 Å². The molecule has 0 amide bonds. The molecular formula is C9H21NS. The fraction of sp³-hybridized carbons (Fsp3) is 1.00. The van der Waals surface area contributed by atoms with Gasteiger partial charge in [0.05, 0.1) is 0 Å². The summed E-state index contributed by atoms with van der Waals surface area (Å²) in [4.78, 5) is 0. The smallest absolute Gasteiger partial charge is 0.00393 e. The standard InChI is InChI=1S/C9H21NS/c1-3-9(4-2)8-11-7-5-6-10/h9H,3-8,10H2,1-2H3. The van der Waals surface area contributed by atoms with Crippen LogP contribution in [0, 0.1) is 5.92 Å². The summed E-state index contributed by atoms with van der Waals surface area (Å²) < 4.78 is 0. The molecule has 0 aromatic carbocycles. The number of hydrogen-bond donors (Lipinski definition) is 1. The maximum atomic E-state index is 5.40. The van der Waals surface area contributed by atoms with Crippen LogP contribution in [-0.2, 0) is 0 Å². The first-order chi connectivity index (χ1) is 5.35. The van der Waals surface area contributed by atoms with E-state index in [-0.39, 0.29) is 0 Å². The van der Waals surface area contributed by atoms with E-state index in [1.165, 1.54) is 30.8 Å². The van der Waals surface area contributed by atoms with Gasteiger partial charge < -0.3 is 5.73 Å². The predicted molar refractivity (Wildman–Crippen MR) is 55.1 cm³/mol. The van der Waals surface area contributed by atoms with E-state index in [9.17, 15) is 0 Å². The van der Waals surface area contributed by atoms with Crippen molar-refractivity contribution in [3.8, 4) is 0 Å². The molecule has 0 fully saturated rings. The zero-order valence-corrected chi connectivity index (χ0v) is 8.62. The maximum Gasteiger partial charge on any atom is -0.00393 e. The highest BCUT2D eigenvalue weighted by molar-refractivity contribution is 7.99. The number of thioether (sulfide) groups is 1. The third-order valence-corrected chi connectivity index (χ3v) is 3.29. The number of hydrogen-bond acceptors (Lipinski definition) is 2. The van der Waals surface area contributed by atoms with Gasteiger partial charge in [0.15, 0.2) is 0 Å². The van der Waals surface area contributed by atoms with E-state index in [4.69, 9.17) is 5.73 Å². The molecule has 0 radical (unpaired) electrons. The van der Waals surface area contributed by atoms with Crippen LogP contribution in [0.1, 0.15) is 33.1 Å². The highest BCUT2D eigenvalue weighted by Crippen LogP contribution is 2.15. The Kier molecular flexibility index (Phi) is 8.64. The SMILES string of the molecule is CCC(CC)CSCCCN. The van der Waals surface area contributed by atoms with Gasteiger partial charge in [-0.3, -0.25) is 0 Å². The van der Waals surface area contributed by atoms with Crippen LogP contribution in [0.25, 0.3) is 0 Å². The number of nitrogens with two attached hydrogens (primary N) is 1. The molecule has 0 saturated carbocycles. The van der Waals surface area contributed by atoms with Gasteiger partial charge in [-0.05, 0) is 30.4 Å². The molecule has 0 aliphatic carbocycles. The van der Waals surface area contributed by atoms with Gasteiger partial charge in [-0.25, -0.2) is 0 Å². The Labute approximate surface area is 75.1 Å². The van der Waals surface area contributed by atoms with Gasteiger partial charge in [0.25, 0.3) is 0 Å². The molecule has 1 nitrogen and oxygen atoms in total. The normalized spacial score (nSPS) is 10.9. The lowest BCUT2D eigenvalue weighted by molar-refractivity contribution is 0.553. The molecule has 11 heavy (non-hydrogen) atoms. The van der Waals surface area contributed by atoms with Gasteiger partial charge in [0, 0.05) is 0 Å². The highest BCUT2D eigenvalue weighted by atomic mass is 32.2. The molecule has 0 saturated heterocycles. The van der Waals surface area contributed by atoms with Crippen LogP contribution in [0.3, 0.4) is 0 Å². The summed E-state index contributed by atoms with van der Waals surface area (Å²) in [7, 11) is 0. The number of rotatable bonds is 7. The zero-order valence-electron chi connectivity index (χ0n) is 7.81. The minimum absolute atomic E-state index is 0.843. The van der Waals surface area contributed by atoms with Gasteiger partial charge in [-0.1, -0.05) is 26.7 Å². The van der Waals surface area contributed by atoms with Crippen molar-refractivity contribution >= 4 is 11.8 Å². The van der Waals surface area contributed by atoms with Gasteiger partial charge in [-0.15, -0.1) is 0 Å². The van der Waals surface area contributed by atoms with E-state index in [1.54, 1.807) is 0 Å². The van der Waals surface area contributed by atoms with Gasteiger partial charge in [0.1, 0.15) is 0 Å². The van der Waals surface area contributed by atoms with Crippen LogP contribution in [-0.4, -0.2) is 18.1 Å². The maximum absolute atomic E-state index is 5.40. The summed E-state index contributed by atoms with van der Waals surface area (Å²) in [6, 6.07) is 0. The van der Waals surface area contributed by atoms with E-state index < -0.39 is 0 Å². The average molecular weight is 175 g/mol. The van der Waals surface area contributed by atoms with Crippen molar-refractivity contribution in [3.63, 3.8) is 0 Å². The van der Waals surface area contributed by atoms with Crippen molar-refractivity contribution < 1.29 is 0 Å². The van der Waals surface area contributed by atoms with E-state index in [2.05, 4.69) is 25.6 Å². The van der Waals surface area contributed by atoms with Crippen LogP contribution >= 0.6 is 11.8 Å². The van der Waals surface area contributed by atoms with Crippen molar-refractivity contribution in [2.24, 2.45) is 11.7 Å². The lowest BCUT2D eigenvalue weighted by atomic mass is 10.1. The summed E-state index contributed by atoms with van der Waals surface area (Å²) in [5, 5.41) is 0. The molecule has 0 spiro atoms. The fourth-order valence-electron chi connectivity index (χ4n) is 0.960. The zero-order chi connectivity index (χ0) is 8.53. The first-order valence-corrected chi connectivity index (χ1v) is 5.78. The Bertz CT molecular complexity index is 72.0. The predicted octanol–water partition coefficient (Wildman–Crippen LogP) is 2.50. The summed E-state index contributed by atoms with van der Waals surface area (Å²) in [6.45, 7) is 5.39. The Balaban J connectivity index is 3.07. The molecule has 68 valence electrons. The molecule has 0 heterocycles. The Morgan fingerprint density at radius 2 is 1.91 bits per heavy atom. The second kappa shape index (κ2) is 8.41. The van der Waals surface area contributed by atoms with Crippen LogP contribution in [0.2, 0.25) is 0 Å². The second-order valence-corrected chi connectivity index (χ2v) is 4.05. The van der Waals surface area contributed by atoms with Crippen molar-refractivity contribution in [3.05, 3.63) is 0 Å². The third-order valence-electron chi connectivity index (χ3n) is 2.00. The van der Waals surface area contributed by atoms with E-state index in [1.807, 2.05) is 0 Å². The molecule has 0 aromatic rings. The Morgan fingerprint density at radius 3 is 2.36 bits per heavy atom. The largest absolute Gasteiger partial charge is 0.330 e. The van der Waals surface area contributed by atoms with Gasteiger partial charge in [0.2, 0.25) is 0 Å². The topological polar surface area (TPSA) is 26.0 Å². The summed E-state index contributed by atoms with van der Waals surface area (Å²) in [5.41, 5.74) is 5.40. The average Bonchev–Trinajstić information content (AvgIpc) is 2.05. The molecule has 0 aromatic heterocycles. The molecular weight excluding hydrogens is 154 g/mol. The van der Waals surface area contributed by atoms with Crippen molar-refractivity contribution in [1.82, 2.24) is 0 Å². The second-order valence-electron chi connectivity index (χ2n) is 2.90. The Morgan fingerprint density at radius 1 is 1.27 bits per heavy atom. The molecule has 0 unspecified atom stereocenters. The van der Waals surface area contributed by atoms with Crippen LogP contribution < -0.4 is 5.73 Å². The molecule has 0 atom stereocenters. The highest BCUT2D eigenvalue weighted by Gasteiger charge is 2.01. The van der Waals surface area contributed by atoms with Gasteiger partial charge >= 0.3 is 0 Å². The van der Waals surface area contributed by atoms with Crippen LogP contribution in [0.4, 0.5) is 0 Å². The molecule has 0 rings (SSSR count). The van der Waals surface area contributed by atoms with Crippen LogP contribution in [0.5, 0.6) is 0 Å². The quantitative estimate of drug-likeness (QED) is 0.602. The van der Waals surface area contributed by atoms with E-state index in [0.717, 1.165) is 12.5 Å². The molecule has 2 N–H and O–H groups in total. The van der Waals surface area contributed by atoms with Crippen molar-refractivity contribution in [2.45, 2.75) is 33.1 Å². The van der Waals surface area contributed by atoms with E-state index >= 15 is 0 Å². The lowest BCUT2D eigenvalue weighted by Gasteiger charge is -2.10. The fourth-order valence-corrected chi connectivity index (χ4v) is 2.30. The first kappa shape index (κ1) is 11.3.